The minimum absolute atomic E-state index is 0.0259. The average molecular weight is 279 g/mol. The normalized spacial score (nSPS) is 10.7. The predicted molar refractivity (Wildman–Crippen MR) is 83.1 cm³/mol. The fourth-order valence-corrected chi connectivity index (χ4v) is 2.32. The van der Waals surface area contributed by atoms with Crippen molar-refractivity contribution in [3.63, 3.8) is 0 Å². The van der Waals surface area contributed by atoms with Gasteiger partial charge in [-0.25, -0.2) is 0 Å². The monoisotopic (exact) mass is 279 g/mol. The van der Waals surface area contributed by atoms with Crippen LogP contribution in [0.1, 0.15) is 12.5 Å². The molecule has 4 heteroatoms. The highest BCUT2D eigenvalue weighted by Crippen LogP contribution is 2.17. The SMILES string of the molecule is CCn1cc(-c2cnn(Cc3ccccc3)c2)ccc1=O. The molecule has 0 amide bonds. The molecule has 3 aromatic rings. The van der Waals surface area contributed by atoms with E-state index >= 15 is 0 Å². The first-order chi connectivity index (χ1) is 10.3. The van der Waals surface area contributed by atoms with Crippen LogP contribution in [-0.4, -0.2) is 14.3 Å². The van der Waals surface area contributed by atoms with Crippen molar-refractivity contribution >= 4 is 0 Å². The van der Waals surface area contributed by atoms with Crippen LogP contribution in [-0.2, 0) is 13.1 Å². The van der Waals surface area contributed by atoms with Gasteiger partial charge in [0.25, 0.3) is 5.56 Å². The second kappa shape index (κ2) is 5.79. The van der Waals surface area contributed by atoms with Crippen molar-refractivity contribution < 1.29 is 0 Å². The molecular formula is C17H17N3O. The van der Waals surface area contributed by atoms with Gasteiger partial charge in [-0.3, -0.25) is 9.48 Å². The van der Waals surface area contributed by atoms with Crippen molar-refractivity contribution in [2.24, 2.45) is 0 Å². The van der Waals surface area contributed by atoms with Gasteiger partial charge >= 0.3 is 0 Å². The lowest BCUT2D eigenvalue weighted by atomic mass is 10.1. The number of nitrogens with zero attached hydrogens (tertiary/aromatic N) is 3. The zero-order valence-corrected chi connectivity index (χ0v) is 11.9. The van der Waals surface area contributed by atoms with Crippen LogP contribution in [0.5, 0.6) is 0 Å². The minimum Gasteiger partial charge on any atom is -0.315 e. The van der Waals surface area contributed by atoms with E-state index in [1.807, 2.05) is 54.5 Å². The van der Waals surface area contributed by atoms with Crippen LogP contribution >= 0.6 is 0 Å². The summed E-state index contributed by atoms with van der Waals surface area (Å²) in [5, 5.41) is 4.40. The van der Waals surface area contributed by atoms with E-state index < -0.39 is 0 Å². The molecule has 0 aliphatic carbocycles. The summed E-state index contributed by atoms with van der Waals surface area (Å²) < 4.78 is 3.61. The molecule has 0 aliphatic rings. The molecule has 0 aliphatic heterocycles. The van der Waals surface area contributed by atoms with Crippen LogP contribution in [0.25, 0.3) is 11.1 Å². The highest BCUT2D eigenvalue weighted by molar-refractivity contribution is 5.60. The second-order valence-corrected chi connectivity index (χ2v) is 4.95. The lowest BCUT2D eigenvalue weighted by Crippen LogP contribution is -2.16. The number of rotatable bonds is 4. The topological polar surface area (TPSA) is 39.8 Å². The van der Waals surface area contributed by atoms with Crippen LogP contribution in [0.2, 0.25) is 0 Å². The Kier molecular flexibility index (Phi) is 3.69. The van der Waals surface area contributed by atoms with Crippen LogP contribution in [0.15, 0.2) is 65.8 Å². The molecule has 0 N–H and O–H groups in total. The smallest absolute Gasteiger partial charge is 0.250 e. The number of hydrogen-bond donors (Lipinski definition) is 0. The molecular weight excluding hydrogens is 262 g/mol. The Labute approximate surface area is 123 Å². The summed E-state index contributed by atoms with van der Waals surface area (Å²) in [5.41, 5.74) is 3.27. The van der Waals surface area contributed by atoms with Gasteiger partial charge in [0, 0.05) is 36.1 Å². The van der Waals surface area contributed by atoms with E-state index in [0.29, 0.717) is 6.54 Å². The Morgan fingerprint density at radius 3 is 2.57 bits per heavy atom. The Morgan fingerprint density at radius 1 is 1.00 bits per heavy atom. The van der Waals surface area contributed by atoms with Gasteiger partial charge in [-0.1, -0.05) is 30.3 Å². The number of hydrogen-bond acceptors (Lipinski definition) is 2. The van der Waals surface area contributed by atoms with Crippen molar-refractivity contribution in [3.05, 3.63) is 77.0 Å². The summed E-state index contributed by atoms with van der Waals surface area (Å²) in [7, 11) is 0. The second-order valence-electron chi connectivity index (χ2n) is 4.95. The molecule has 0 spiro atoms. The van der Waals surface area contributed by atoms with E-state index in [-0.39, 0.29) is 5.56 Å². The maximum absolute atomic E-state index is 11.6. The summed E-state index contributed by atoms with van der Waals surface area (Å²) in [6.07, 6.45) is 5.72. The Balaban J connectivity index is 1.86. The summed E-state index contributed by atoms with van der Waals surface area (Å²) in [4.78, 5) is 11.6. The Bertz CT molecular complexity index is 787. The van der Waals surface area contributed by atoms with Gasteiger partial charge in [0.2, 0.25) is 0 Å². The van der Waals surface area contributed by atoms with Crippen molar-refractivity contribution in [2.45, 2.75) is 20.0 Å². The predicted octanol–water partition coefficient (Wildman–Crippen LogP) is 2.78. The lowest BCUT2D eigenvalue weighted by Gasteiger charge is -2.04. The molecule has 0 atom stereocenters. The van der Waals surface area contributed by atoms with Crippen molar-refractivity contribution in [1.82, 2.24) is 14.3 Å². The zero-order valence-electron chi connectivity index (χ0n) is 11.9. The summed E-state index contributed by atoms with van der Waals surface area (Å²) in [6, 6.07) is 13.7. The Morgan fingerprint density at radius 2 is 1.81 bits per heavy atom. The quantitative estimate of drug-likeness (QED) is 0.736. The molecule has 2 aromatic heterocycles. The summed E-state index contributed by atoms with van der Waals surface area (Å²) >= 11 is 0. The van der Waals surface area contributed by atoms with Gasteiger partial charge in [-0.05, 0) is 18.6 Å². The van der Waals surface area contributed by atoms with Gasteiger partial charge in [0.15, 0.2) is 0 Å². The van der Waals surface area contributed by atoms with Crippen LogP contribution in [0.3, 0.4) is 0 Å². The highest BCUT2D eigenvalue weighted by Gasteiger charge is 2.04. The minimum atomic E-state index is 0.0259. The van der Waals surface area contributed by atoms with Crippen LogP contribution < -0.4 is 5.56 Å². The third-order valence-electron chi connectivity index (χ3n) is 3.48. The van der Waals surface area contributed by atoms with Gasteiger partial charge in [0.05, 0.1) is 12.7 Å². The van der Waals surface area contributed by atoms with E-state index in [1.165, 1.54) is 5.56 Å². The van der Waals surface area contributed by atoms with Gasteiger partial charge in [-0.2, -0.15) is 5.10 Å². The molecule has 2 heterocycles. The first-order valence-electron chi connectivity index (χ1n) is 7.03. The number of pyridine rings is 1. The fourth-order valence-electron chi connectivity index (χ4n) is 2.32. The summed E-state index contributed by atoms with van der Waals surface area (Å²) in [5.74, 6) is 0. The van der Waals surface area contributed by atoms with Crippen molar-refractivity contribution in [2.75, 3.05) is 0 Å². The van der Waals surface area contributed by atoms with Gasteiger partial charge in [0.1, 0.15) is 0 Å². The van der Waals surface area contributed by atoms with Gasteiger partial charge in [-0.15, -0.1) is 0 Å². The zero-order chi connectivity index (χ0) is 14.7. The molecule has 3 rings (SSSR count). The van der Waals surface area contributed by atoms with Crippen LogP contribution in [0.4, 0.5) is 0 Å². The standard InChI is InChI=1S/C17H17N3O/c1-2-19-12-15(8-9-17(19)21)16-10-18-20(13-16)11-14-6-4-3-5-7-14/h3-10,12-13H,2,11H2,1H3. The van der Waals surface area contributed by atoms with E-state index in [4.69, 9.17) is 0 Å². The lowest BCUT2D eigenvalue weighted by molar-refractivity contribution is 0.687. The first-order valence-corrected chi connectivity index (χ1v) is 7.03. The molecule has 1 aromatic carbocycles. The summed E-state index contributed by atoms with van der Waals surface area (Å²) in [6.45, 7) is 3.38. The number of aryl methyl sites for hydroxylation is 1. The van der Waals surface area contributed by atoms with Crippen molar-refractivity contribution in [1.29, 1.82) is 0 Å². The molecule has 0 fully saturated rings. The molecule has 21 heavy (non-hydrogen) atoms. The molecule has 0 radical (unpaired) electrons. The van der Waals surface area contributed by atoms with Crippen LogP contribution in [0, 0.1) is 0 Å². The van der Waals surface area contributed by atoms with E-state index in [0.717, 1.165) is 17.7 Å². The Hall–Kier alpha value is -2.62. The van der Waals surface area contributed by atoms with E-state index in [9.17, 15) is 4.79 Å². The first kappa shape index (κ1) is 13.4. The molecule has 0 saturated carbocycles. The molecule has 0 unspecified atom stereocenters. The molecule has 0 bridgehead atoms. The third-order valence-corrected chi connectivity index (χ3v) is 3.48. The largest absolute Gasteiger partial charge is 0.315 e. The highest BCUT2D eigenvalue weighted by atomic mass is 16.1. The van der Waals surface area contributed by atoms with E-state index in [2.05, 4.69) is 17.2 Å². The maximum Gasteiger partial charge on any atom is 0.250 e. The number of aromatic nitrogens is 3. The molecule has 106 valence electrons. The fraction of sp³-hybridized carbons (Fsp3) is 0.176. The maximum atomic E-state index is 11.6. The van der Waals surface area contributed by atoms with Gasteiger partial charge < -0.3 is 4.57 Å². The molecule has 4 nitrogen and oxygen atoms in total. The third kappa shape index (κ3) is 2.94. The van der Waals surface area contributed by atoms with Crippen molar-refractivity contribution in [3.8, 4) is 11.1 Å². The number of benzene rings is 1. The average Bonchev–Trinajstić information content (AvgIpc) is 2.97. The molecule has 0 saturated heterocycles. The van der Waals surface area contributed by atoms with E-state index in [1.54, 1.807) is 10.6 Å².